The summed E-state index contributed by atoms with van der Waals surface area (Å²) in [5, 5.41) is 0. The predicted molar refractivity (Wildman–Crippen MR) is 52.9 cm³/mol. The number of aromatic nitrogens is 2. The summed E-state index contributed by atoms with van der Waals surface area (Å²) in [5.74, 6) is 0. The van der Waals surface area contributed by atoms with Gasteiger partial charge < -0.3 is 0 Å². The van der Waals surface area contributed by atoms with E-state index in [1.807, 2.05) is 24.3 Å². The van der Waals surface area contributed by atoms with Gasteiger partial charge in [-0.1, -0.05) is 0 Å². The molecule has 0 spiro atoms. The van der Waals surface area contributed by atoms with Crippen molar-refractivity contribution in [3.8, 4) is 11.1 Å². The molecule has 0 amide bonds. The first-order valence-corrected chi connectivity index (χ1v) is 4.75. The van der Waals surface area contributed by atoms with E-state index in [-0.39, 0.29) is 0 Å². The first-order valence-electron chi connectivity index (χ1n) is 3.90. The molecule has 0 bridgehead atoms. The molecule has 0 unspecified atom stereocenters. The van der Waals surface area contributed by atoms with Crippen molar-refractivity contribution in [3.63, 3.8) is 0 Å². The van der Waals surface area contributed by atoms with Gasteiger partial charge in [0.15, 0.2) is 0 Å². The van der Waals surface area contributed by atoms with E-state index in [0.717, 1.165) is 15.7 Å². The van der Waals surface area contributed by atoms with Crippen molar-refractivity contribution in [1.29, 1.82) is 0 Å². The van der Waals surface area contributed by atoms with E-state index in [1.54, 1.807) is 18.6 Å². The fourth-order valence-corrected chi connectivity index (χ4v) is 1.53. The summed E-state index contributed by atoms with van der Waals surface area (Å²) < 4.78 is 0.911. The molecule has 13 heavy (non-hydrogen) atoms. The van der Waals surface area contributed by atoms with Crippen LogP contribution in [0.4, 0.5) is 0 Å². The zero-order chi connectivity index (χ0) is 9.10. The molecular weight excluding hydrogens is 227 g/mol. The van der Waals surface area contributed by atoms with Gasteiger partial charge >= 0.3 is 84.6 Å². The van der Waals surface area contributed by atoms with Crippen molar-refractivity contribution in [2.45, 2.75) is 0 Å². The van der Waals surface area contributed by atoms with Crippen LogP contribution in [0.2, 0.25) is 0 Å². The molecule has 0 fully saturated rings. The van der Waals surface area contributed by atoms with Crippen LogP contribution in [0.1, 0.15) is 0 Å². The molecule has 2 aromatic heterocycles. The second-order valence-electron chi connectivity index (χ2n) is 2.62. The van der Waals surface area contributed by atoms with Crippen LogP contribution in [0.3, 0.4) is 0 Å². The number of rotatable bonds is 1. The SMILES string of the molecule is [Se]c1cc(-c2ccncc2)ccn1. The van der Waals surface area contributed by atoms with Gasteiger partial charge in [-0.15, -0.1) is 0 Å². The van der Waals surface area contributed by atoms with Crippen molar-refractivity contribution in [2.75, 3.05) is 0 Å². The Hall–Kier alpha value is -1.18. The van der Waals surface area contributed by atoms with Crippen molar-refractivity contribution in [2.24, 2.45) is 0 Å². The Morgan fingerprint density at radius 3 is 2.31 bits per heavy atom. The van der Waals surface area contributed by atoms with Gasteiger partial charge in [-0.3, -0.25) is 0 Å². The molecule has 0 N–H and O–H groups in total. The molecule has 0 aliphatic rings. The average Bonchev–Trinajstić information content (AvgIpc) is 2.19. The van der Waals surface area contributed by atoms with Crippen LogP contribution >= 0.6 is 0 Å². The van der Waals surface area contributed by atoms with Crippen LogP contribution in [-0.4, -0.2) is 26.0 Å². The standard InChI is InChI=1S/C10H7N2Se/c13-10-7-9(3-6-12-10)8-1-4-11-5-2-8/h1-7H. The van der Waals surface area contributed by atoms with Gasteiger partial charge in [0.05, 0.1) is 0 Å². The third-order valence-electron chi connectivity index (χ3n) is 1.75. The topological polar surface area (TPSA) is 25.8 Å². The normalized spacial score (nSPS) is 9.85. The molecular formula is C10H7N2Se. The zero-order valence-electron chi connectivity index (χ0n) is 6.84. The summed E-state index contributed by atoms with van der Waals surface area (Å²) in [6.45, 7) is 0. The third-order valence-corrected chi connectivity index (χ3v) is 2.22. The summed E-state index contributed by atoms with van der Waals surface area (Å²) in [5.41, 5.74) is 2.32. The molecule has 2 heterocycles. The van der Waals surface area contributed by atoms with E-state index in [4.69, 9.17) is 0 Å². The first kappa shape index (κ1) is 8.42. The van der Waals surface area contributed by atoms with Crippen LogP contribution in [0.15, 0.2) is 42.9 Å². The van der Waals surface area contributed by atoms with Crippen molar-refractivity contribution in [1.82, 2.24) is 9.97 Å². The summed E-state index contributed by atoms with van der Waals surface area (Å²) in [7, 11) is 0. The monoisotopic (exact) mass is 235 g/mol. The van der Waals surface area contributed by atoms with Gasteiger partial charge in [0, 0.05) is 0 Å². The molecule has 0 atom stereocenters. The van der Waals surface area contributed by atoms with E-state index < -0.39 is 0 Å². The van der Waals surface area contributed by atoms with E-state index >= 15 is 0 Å². The van der Waals surface area contributed by atoms with E-state index in [1.165, 1.54) is 0 Å². The van der Waals surface area contributed by atoms with Gasteiger partial charge in [-0.2, -0.15) is 0 Å². The molecule has 1 radical (unpaired) electrons. The Bertz CT molecular complexity index is 401. The van der Waals surface area contributed by atoms with Gasteiger partial charge in [0.2, 0.25) is 0 Å². The third kappa shape index (κ3) is 1.94. The van der Waals surface area contributed by atoms with Crippen molar-refractivity contribution >= 4 is 20.6 Å². The summed E-state index contributed by atoms with van der Waals surface area (Å²) in [6.07, 6.45) is 5.37. The minimum atomic E-state index is 0.911. The van der Waals surface area contributed by atoms with Gasteiger partial charge in [-0.25, -0.2) is 0 Å². The molecule has 0 saturated carbocycles. The van der Waals surface area contributed by atoms with E-state index in [2.05, 4.69) is 26.0 Å². The van der Waals surface area contributed by atoms with Crippen LogP contribution in [0.25, 0.3) is 11.1 Å². The maximum absolute atomic E-state index is 4.09. The van der Waals surface area contributed by atoms with Crippen molar-refractivity contribution in [3.05, 3.63) is 42.9 Å². The molecule has 3 heteroatoms. The molecule has 0 aliphatic carbocycles. The maximum atomic E-state index is 4.09. The Labute approximate surface area is 84.9 Å². The Morgan fingerprint density at radius 1 is 0.923 bits per heavy atom. The zero-order valence-corrected chi connectivity index (χ0v) is 8.56. The number of pyridine rings is 2. The summed E-state index contributed by atoms with van der Waals surface area (Å²) in [4.78, 5) is 8.06. The Balaban J connectivity index is 2.48. The van der Waals surface area contributed by atoms with Crippen LogP contribution < -0.4 is 4.59 Å². The van der Waals surface area contributed by atoms with Crippen molar-refractivity contribution < 1.29 is 0 Å². The quantitative estimate of drug-likeness (QED) is 0.686. The first-order chi connectivity index (χ1) is 6.36. The second-order valence-corrected chi connectivity index (χ2v) is 3.50. The van der Waals surface area contributed by atoms with E-state index in [9.17, 15) is 0 Å². The summed E-state index contributed by atoms with van der Waals surface area (Å²) in [6, 6.07) is 7.95. The molecule has 0 aromatic carbocycles. The summed E-state index contributed by atoms with van der Waals surface area (Å²) >= 11 is 2.89. The molecule has 2 rings (SSSR count). The van der Waals surface area contributed by atoms with Gasteiger partial charge in [0.25, 0.3) is 0 Å². The number of hydrogen-bond acceptors (Lipinski definition) is 2. The number of nitrogens with zero attached hydrogens (tertiary/aromatic N) is 2. The second kappa shape index (κ2) is 3.69. The van der Waals surface area contributed by atoms with Crippen LogP contribution in [0.5, 0.6) is 0 Å². The minimum absolute atomic E-state index is 0.911. The molecule has 0 saturated heterocycles. The fourth-order valence-electron chi connectivity index (χ4n) is 1.13. The molecule has 2 nitrogen and oxygen atoms in total. The number of hydrogen-bond donors (Lipinski definition) is 0. The Kier molecular flexibility index (Phi) is 2.39. The average molecular weight is 234 g/mol. The Morgan fingerprint density at radius 2 is 1.62 bits per heavy atom. The molecule has 0 aliphatic heterocycles. The van der Waals surface area contributed by atoms with Gasteiger partial charge in [-0.05, 0) is 0 Å². The molecule has 2 aromatic rings. The van der Waals surface area contributed by atoms with E-state index in [0.29, 0.717) is 0 Å². The molecule has 63 valence electrons. The fraction of sp³-hybridized carbons (Fsp3) is 0. The van der Waals surface area contributed by atoms with Crippen LogP contribution in [0, 0.1) is 0 Å². The predicted octanol–water partition coefficient (Wildman–Crippen LogP) is 0.937. The van der Waals surface area contributed by atoms with Gasteiger partial charge in [0.1, 0.15) is 0 Å². The van der Waals surface area contributed by atoms with Crippen LogP contribution in [-0.2, 0) is 0 Å².